The van der Waals surface area contributed by atoms with Gasteiger partial charge in [-0.15, -0.1) is 0 Å². The van der Waals surface area contributed by atoms with Crippen molar-refractivity contribution in [2.75, 3.05) is 0 Å². The highest BCUT2D eigenvalue weighted by atomic mass is 16.3. The quantitative estimate of drug-likeness (QED) is 0.411. The van der Waals surface area contributed by atoms with E-state index in [1.54, 1.807) is 18.2 Å². The summed E-state index contributed by atoms with van der Waals surface area (Å²) in [6.45, 7) is 8.33. The van der Waals surface area contributed by atoms with Gasteiger partial charge in [-0.05, 0) is 68.4 Å². The molecule has 0 aromatic heterocycles. The molecule has 2 rings (SSSR count). The SMILES string of the molecule is CC(C)=CCc1c(/C=C/c2ccc(O)cc2)cc(O)c(CCC(C)C)c1O. The van der Waals surface area contributed by atoms with Crippen LogP contribution in [0.5, 0.6) is 17.2 Å². The zero-order valence-electron chi connectivity index (χ0n) is 16.7. The van der Waals surface area contributed by atoms with Gasteiger partial charge in [-0.2, -0.15) is 0 Å². The number of phenols is 3. The normalized spacial score (nSPS) is 11.3. The van der Waals surface area contributed by atoms with Crippen LogP contribution in [0.4, 0.5) is 0 Å². The summed E-state index contributed by atoms with van der Waals surface area (Å²) in [6, 6.07) is 8.64. The average molecular weight is 367 g/mol. The zero-order valence-corrected chi connectivity index (χ0v) is 16.7. The summed E-state index contributed by atoms with van der Waals surface area (Å²) >= 11 is 0. The minimum absolute atomic E-state index is 0.138. The summed E-state index contributed by atoms with van der Waals surface area (Å²) in [6.07, 6.45) is 8.05. The molecule has 0 spiro atoms. The fourth-order valence-corrected chi connectivity index (χ4v) is 2.88. The van der Waals surface area contributed by atoms with Gasteiger partial charge in [-0.1, -0.05) is 49.8 Å². The van der Waals surface area contributed by atoms with Crippen LogP contribution in [0.25, 0.3) is 12.2 Å². The fourth-order valence-electron chi connectivity index (χ4n) is 2.88. The van der Waals surface area contributed by atoms with Gasteiger partial charge >= 0.3 is 0 Å². The second-order valence-corrected chi connectivity index (χ2v) is 7.63. The molecule has 2 aromatic rings. The van der Waals surface area contributed by atoms with E-state index in [1.165, 1.54) is 5.57 Å². The van der Waals surface area contributed by atoms with Crippen LogP contribution >= 0.6 is 0 Å². The maximum Gasteiger partial charge on any atom is 0.126 e. The van der Waals surface area contributed by atoms with Crippen LogP contribution < -0.4 is 0 Å². The number of benzene rings is 2. The molecule has 0 fully saturated rings. The molecule has 144 valence electrons. The minimum Gasteiger partial charge on any atom is -0.508 e. The number of hydrogen-bond donors (Lipinski definition) is 3. The maximum atomic E-state index is 10.9. The van der Waals surface area contributed by atoms with Crippen molar-refractivity contribution in [3.63, 3.8) is 0 Å². The zero-order chi connectivity index (χ0) is 20.0. The molecule has 2 aromatic carbocycles. The van der Waals surface area contributed by atoms with Gasteiger partial charge in [0.2, 0.25) is 0 Å². The minimum atomic E-state index is 0.138. The van der Waals surface area contributed by atoms with E-state index in [0.29, 0.717) is 24.3 Å². The summed E-state index contributed by atoms with van der Waals surface area (Å²) in [5.41, 5.74) is 4.36. The lowest BCUT2D eigenvalue weighted by atomic mass is 9.93. The molecule has 0 aliphatic carbocycles. The fraction of sp³-hybridized carbons (Fsp3) is 0.333. The molecule has 0 aliphatic rings. The standard InChI is InChI=1S/C24H30O3/c1-16(2)5-13-21-19(10-7-18-8-11-20(25)12-9-18)15-23(26)22(24(21)27)14-6-17(3)4/h5,7-12,15,17,25-27H,6,13-14H2,1-4H3/b10-7+. The number of allylic oxidation sites excluding steroid dienone is 2. The molecular formula is C24H30O3. The van der Waals surface area contributed by atoms with Crippen molar-refractivity contribution in [1.29, 1.82) is 0 Å². The molecule has 0 heterocycles. The third-order valence-electron chi connectivity index (χ3n) is 4.56. The lowest BCUT2D eigenvalue weighted by Gasteiger charge is -2.15. The average Bonchev–Trinajstić information content (AvgIpc) is 2.59. The van der Waals surface area contributed by atoms with Gasteiger partial charge in [0.1, 0.15) is 17.2 Å². The largest absolute Gasteiger partial charge is 0.508 e. The molecule has 0 atom stereocenters. The number of rotatable bonds is 7. The van der Waals surface area contributed by atoms with Crippen molar-refractivity contribution >= 4 is 12.2 Å². The summed E-state index contributed by atoms with van der Waals surface area (Å²) in [5.74, 6) is 1.05. The lowest BCUT2D eigenvalue weighted by molar-refractivity contribution is 0.429. The monoisotopic (exact) mass is 366 g/mol. The van der Waals surface area contributed by atoms with E-state index in [9.17, 15) is 15.3 Å². The lowest BCUT2D eigenvalue weighted by Crippen LogP contribution is -1.98. The van der Waals surface area contributed by atoms with Crippen LogP contribution in [-0.4, -0.2) is 15.3 Å². The van der Waals surface area contributed by atoms with Gasteiger partial charge in [0.05, 0.1) is 0 Å². The van der Waals surface area contributed by atoms with E-state index in [4.69, 9.17) is 0 Å². The van der Waals surface area contributed by atoms with Gasteiger partial charge in [0.25, 0.3) is 0 Å². The molecule has 0 saturated carbocycles. The number of phenolic OH excluding ortho intramolecular Hbond substituents is 3. The molecule has 0 amide bonds. The molecule has 0 unspecified atom stereocenters. The van der Waals surface area contributed by atoms with Gasteiger partial charge in [0, 0.05) is 11.1 Å². The van der Waals surface area contributed by atoms with Crippen LogP contribution in [0, 0.1) is 5.92 Å². The van der Waals surface area contributed by atoms with Crippen LogP contribution in [0.1, 0.15) is 56.4 Å². The van der Waals surface area contributed by atoms with Gasteiger partial charge < -0.3 is 15.3 Å². The van der Waals surface area contributed by atoms with E-state index in [2.05, 4.69) is 19.9 Å². The summed E-state index contributed by atoms with van der Waals surface area (Å²) in [4.78, 5) is 0. The Balaban J connectivity index is 2.44. The first-order valence-electron chi connectivity index (χ1n) is 9.45. The molecule has 0 aliphatic heterocycles. The number of aromatic hydroxyl groups is 3. The number of hydrogen-bond acceptors (Lipinski definition) is 3. The molecular weight excluding hydrogens is 336 g/mol. The van der Waals surface area contributed by atoms with Crippen molar-refractivity contribution in [2.24, 2.45) is 5.92 Å². The van der Waals surface area contributed by atoms with Crippen LogP contribution in [-0.2, 0) is 12.8 Å². The first-order chi connectivity index (χ1) is 12.8. The van der Waals surface area contributed by atoms with Gasteiger partial charge in [0.15, 0.2) is 0 Å². The first-order valence-corrected chi connectivity index (χ1v) is 9.45. The molecule has 0 bridgehead atoms. The summed E-state index contributed by atoms with van der Waals surface area (Å²) in [5, 5.41) is 30.7. The topological polar surface area (TPSA) is 60.7 Å². The highest BCUT2D eigenvalue weighted by molar-refractivity contribution is 5.74. The van der Waals surface area contributed by atoms with Crippen molar-refractivity contribution in [3.8, 4) is 17.2 Å². The second-order valence-electron chi connectivity index (χ2n) is 7.63. The van der Waals surface area contributed by atoms with E-state index in [-0.39, 0.29) is 17.2 Å². The smallest absolute Gasteiger partial charge is 0.126 e. The van der Waals surface area contributed by atoms with Gasteiger partial charge in [-0.3, -0.25) is 0 Å². The van der Waals surface area contributed by atoms with E-state index >= 15 is 0 Å². The highest BCUT2D eigenvalue weighted by Gasteiger charge is 2.16. The van der Waals surface area contributed by atoms with Crippen LogP contribution in [0.2, 0.25) is 0 Å². The summed E-state index contributed by atoms with van der Waals surface area (Å²) in [7, 11) is 0. The Kier molecular flexibility index (Phi) is 7.12. The van der Waals surface area contributed by atoms with E-state index in [1.807, 2.05) is 38.1 Å². The second kappa shape index (κ2) is 9.31. The maximum absolute atomic E-state index is 10.9. The Bertz CT molecular complexity index is 824. The van der Waals surface area contributed by atoms with Crippen molar-refractivity contribution in [1.82, 2.24) is 0 Å². The molecule has 3 N–H and O–H groups in total. The third kappa shape index (κ3) is 5.92. The molecule has 0 saturated heterocycles. The predicted octanol–water partition coefficient (Wildman–Crippen LogP) is 6.07. The predicted molar refractivity (Wildman–Crippen MR) is 113 cm³/mol. The van der Waals surface area contributed by atoms with Crippen LogP contribution in [0.3, 0.4) is 0 Å². The molecule has 3 heteroatoms. The Morgan fingerprint density at radius 2 is 1.63 bits per heavy atom. The van der Waals surface area contributed by atoms with Gasteiger partial charge in [-0.25, -0.2) is 0 Å². The summed E-state index contributed by atoms with van der Waals surface area (Å²) < 4.78 is 0. The van der Waals surface area contributed by atoms with E-state index < -0.39 is 0 Å². The Hall–Kier alpha value is -2.68. The Morgan fingerprint density at radius 3 is 2.22 bits per heavy atom. The molecule has 0 radical (unpaired) electrons. The van der Waals surface area contributed by atoms with Crippen molar-refractivity contribution < 1.29 is 15.3 Å². The van der Waals surface area contributed by atoms with E-state index in [0.717, 1.165) is 23.1 Å². The van der Waals surface area contributed by atoms with Crippen molar-refractivity contribution in [2.45, 2.75) is 47.0 Å². The molecule has 3 nitrogen and oxygen atoms in total. The van der Waals surface area contributed by atoms with Crippen molar-refractivity contribution in [3.05, 3.63) is 64.2 Å². The van der Waals surface area contributed by atoms with Crippen LogP contribution in [0.15, 0.2) is 42.0 Å². The Labute approximate surface area is 162 Å². The first kappa shape index (κ1) is 20.6. The third-order valence-corrected chi connectivity index (χ3v) is 4.56. The molecule has 27 heavy (non-hydrogen) atoms. The highest BCUT2D eigenvalue weighted by Crippen LogP contribution is 2.36. The Morgan fingerprint density at radius 1 is 0.963 bits per heavy atom.